The Labute approximate surface area is 176 Å². The van der Waals surface area contributed by atoms with E-state index in [0.29, 0.717) is 11.8 Å². The van der Waals surface area contributed by atoms with Crippen molar-refractivity contribution < 1.29 is 18.4 Å². The van der Waals surface area contributed by atoms with Crippen LogP contribution in [0.4, 0.5) is 14.5 Å². The van der Waals surface area contributed by atoms with E-state index in [1.807, 2.05) is 48.0 Å². The molecule has 0 aliphatic heterocycles. The van der Waals surface area contributed by atoms with Crippen molar-refractivity contribution in [3.8, 4) is 11.4 Å². The summed E-state index contributed by atoms with van der Waals surface area (Å²) in [4.78, 5) is 28.7. The Kier molecular flexibility index (Phi) is 5.44. The van der Waals surface area contributed by atoms with Crippen molar-refractivity contribution in [3.63, 3.8) is 0 Å². The van der Waals surface area contributed by atoms with Crippen LogP contribution >= 0.6 is 0 Å². The number of nitrogens with zero attached hydrogens (tertiary/aromatic N) is 2. The van der Waals surface area contributed by atoms with Crippen molar-refractivity contribution in [2.24, 2.45) is 7.05 Å². The van der Waals surface area contributed by atoms with Crippen LogP contribution in [0, 0.1) is 11.6 Å². The SMILES string of the molecule is Cn1c(-c2ccc(NC(=O)CNC(=O)c3ccc(F)cc3F)cc2)nc2ccccc21. The maximum absolute atomic E-state index is 13.6. The highest BCUT2D eigenvalue weighted by molar-refractivity contribution is 5.99. The fourth-order valence-corrected chi connectivity index (χ4v) is 3.24. The fraction of sp³-hybridized carbons (Fsp3) is 0.0870. The van der Waals surface area contributed by atoms with E-state index in [1.165, 1.54) is 0 Å². The summed E-state index contributed by atoms with van der Waals surface area (Å²) in [5, 5.41) is 4.97. The first-order valence-corrected chi connectivity index (χ1v) is 9.47. The number of hydrogen-bond donors (Lipinski definition) is 2. The molecule has 4 rings (SSSR count). The number of benzene rings is 3. The van der Waals surface area contributed by atoms with Crippen molar-refractivity contribution in [3.05, 3.63) is 83.9 Å². The third kappa shape index (κ3) is 4.28. The molecule has 0 spiro atoms. The third-order valence-corrected chi connectivity index (χ3v) is 4.80. The molecule has 0 aliphatic rings. The minimum absolute atomic E-state index is 0.332. The second kappa shape index (κ2) is 8.35. The number of para-hydroxylation sites is 2. The third-order valence-electron chi connectivity index (χ3n) is 4.80. The molecule has 0 bridgehead atoms. The molecule has 0 saturated carbocycles. The zero-order valence-corrected chi connectivity index (χ0v) is 16.5. The van der Waals surface area contributed by atoms with Crippen molar-refractivity contribution in [1.29, 1.82) is 0 Å². The molecule has 0 fully saturated rings. The van der Waals surface area contributed by atoms with Gasteiger partial charge in [0.2, 0.25) is 5.91 Å². The van der Waals surface area contributed by atoms with E-state index in [4.69, 9.17) is 0 Å². The Morgan fingerprint density at radius 3 is 2.45 bits per heavy atom. The lowest BCUT2D eigenvalue weighted by atomic mass is 10.2. The first kappa shape index (κ1) is 20.2. The largest absolute Gasteiger partial charge is 0.343 e. The Balaban J connectivity index is 1.39. The molecule has 0 radical (unpaired) electrons. The Hall–Kier alpha value is -4.07. The first-order valence-electron chi connectivity index (χ1n) is 9.47. The molecule has 0 unspecified atom stereocenters. The number of carbonyl (C=O) groups excluding carboxylic acids is 2. The molecule has 1 heterocycles. The van der Waals surface area contributed by atoms with Crippen LogP contribution < -0.4 is 10.6 Å². The summed E-state index contributed by atoms with van der Waals surface area (Å²) in [6.45, 7) is -0.359. The van der Waals surface area contributed by atoms with Crippen LogP contribution in [0.5, 0.6) is 0 Å². The molecule has 156 valence electrons. The van der Waals surface area contributed by atoms with Crippen molar-refractivity contribution in [2.75, 3.05) is 11.9 Å². The highest BCUT2D eigenvalue weighted by Gasteiger charge is 2.14. The van der Waals surface area contributed by atoms with Gasteiger partial charge in [-0.2, -0.15) is 0 Å². The highest BCUT2D eigenvalue weighted by Crippen LogP contribution is 2.24. The number of halogens is 2. The minimum atomic E-state index is -0.990. The Morgan fingerprint density at radius 1 is 1.00 bits per heavy atom. The quantitative estimate of drug-likeness (QED) is 0.514. The number of anilines is 1. The van der Waals surface area contributed by atoms with Crippen LogP contribution in [0.15, 0.2) is 66.7 Å². The second-order valence-corrected chi connectivity index (χ2v) is 6.92. The summed E-state index contributed by atoms with van der Waals surface area (Å²) in [7, 11) is 1.94. The smallest absolute Gasteiger partial charge is 0.254 e. The number of rotatable bonds is 5. The standard InChI is InChI=1S/C23H18F2N4O2/c1-29-20-5-3-2-4-19(20)28-22(29)14-6-9-16(10-7-14)27-21(30)13-26-23(31)17-11-8-15(24)12-18(17)25/h2-12H,13H2,1H3,(H,26,31)(H,27,30). The van der Waals surface area contributed by atoms with Gasteiger partial charge in [-0.3, -0.25) is 9.59 Å². The molecule has 0 atom stereocenters. The second-order valence-electron chi connectivity index (χ2n) is 6.92. The topological polar surface area (TPSA) is 76.0 Å². The summed E-state index contributed by atoms with van der Waals surface area (Å²) in [6.07, 6.45) is 0. The van der Waals surface area contributed by atoms with Gasteiger partial charge >= 0.3 is 0 Å². The van der Waals surface area contributed by atoms with E-state index >= 15 is 0 Å². The monoisotopic (exact) mass is 420 g/mol. The molecular weight excluding hydrogens is 402 g/mol. The molecule has 3 aromatic carbocycles. The Morgan fingerprint density at radius 2 is 1.74 bits per heavy atom. The molecule has 1 aromatic heterocycles. The zero-order valence-electron chi connectivity index (χ0n) is 16.5. The average Bonchev–Trinajstić information content (AvgIpc) is 3.09. The molecule has 0 saturated heterocycles. The summed E-state index contributed by atoms with van der Waals surface area (Å²) in [6, 6.07) is 17.6. The number of amides is 2. The Bertz CT molecular complexity index is 1280. The maximum Gasteiger partial charge on any atom is 0.254 e. The van der Waals surface area contributed by atoms with E-state index in [0.717, 1.165) is 34.6 Å². The lowest BCUT2D eigenvalue weighted by molar-refractivity contribution is -0.115. The number of carbonyl (C=O) groups is 2. The van der Waals surface area contributed by atoms with Gasteiger partial charge in [-0.25, -0.2) is 13.8 Å². The van der Waals surface area contributed by atoms with Gasteiger partial charge in [0.05, 0.1) is 23.1 Å². The number of imidazole rings is 1. The normalized spacial score (nSPS) is 10.8. The van der Waals surface area contributed by atoms with Crippen LogP contribution in [-0.2, 0) is 11.8 Å². The molecule has 0 aliphatic carbocycles. The van der Waals surface area contributed by atoms with Gasteiger partial charge in [-0.15, -0.1) is 0 Å². The zero-order chi connectivity index (χ0) is 22.0. The molecule has 8 heteroatoms. The van der Waals surface area contributed by atoms with Gasteiger partial charge in [0.15, 0.2) is 0 Å². The molecular formula is C23H18F2N4O2. The van der Waals surface area contributed by atoms with Crippen molar-refractivity contribution >= 4 is 28.5 Å². The van der Waals surface area contributed by atoms with Crippen LogP contribution in [0.1, 0.15) is 10.4 Å². The lowest BCUT2D eigenvalue weighted by Crippen LogP contribution is -2.33. The van der Waals surface area contributed by atoms with Gasteiger partial charge in [-0.1, -0.05) is 12.1 Å². The minimum Gasteiger partial charge on any atom is -0.343 e. The average molecular weight is 420 g/mol. The van der Waals surface area contributed by atoms with E-state index in [9.17, 15) is 18.4 Å². The maximum atomic E-state index is 13.6. The summed E-state index contributed by atoms with van der Waals surface area (Å²) in [5.74, 6) is -2.26. The summed E-state index contributed by atoms with van der Waals surface area (Å²) in [5.41, 5.74) is 3.00. The van der Waals surface area contributed by atoms with Crippen LogP contribution in [-0.4, -0.2) is 27.9 Å². The van der Waals surface area contributed by atoms with Gasteiger partial charge in [-0.05, 0) is 48.5 Å². The first-order chi connectivity index (χ1) is 14.9. The van der Waals surface area contributed by atoms with E-state index in [1.54, 1.807) is 12.1 Å². The van der Waals surface area contributed by atoms with Gasteiger partial charge in [0.25, 0.3) is 5.91 Å². The lowest BCUT2D eigenvalue weighted by Gasteiger charge is -2.09. The summed E-state index contributed by atoms with van der Waals surface area (Å²) < 4.78 is 28.6. The number of nitrogens with one attached hydrogen (secondary N) is 2. The molecule has 4 aromatic rings. The predicted molar refractivity (Wildman–Crippen MR) is 113 cm³/mol. The number of hydrogen-bond acceptors (Lipinski definition) is 3. The van der Waals surface area contributed by atoms with E-state index in [2.05, 4.69) is 15.6 Å². The predicted octanol–water partition coefficient (Wildman–Crippen LogP) is 3.89. The van der Waals surface area contributed by atoms with Gasteiger partial charge < -0.3 is 15.2 Å². The van der Waals surface area contributed by atoms with Crippen LogP contribution in [0.3, 0.4) is 0 Å². The molecule has 6 nitrogen and oxygen atoms in total. The number of fused-ring (bicyclic) bond motifs is 1. The highest BCUT2D eigenvalue weighted by atomic mass is 19.1. The van der Waals surface area contributed by atoms with Gasteiger partial charge in [0, 0.05) is 24.4 Å². The number of aromatic nitrogens is 2. The van der Waals surface area contributed by atoms with Crippen molar-refractivity contribution in [1.82, 2.24) is 14.9 Å². The van der Waals surface area contributed by atoms with Gasteiger partial charge in [0.1, 0.15) is 17.5 Å². The van der Waals surface area contributed by atoms with Crippen LogP contribution in [0.25, 0.3) is 22.4 Å². The summed E-state index contributed by atoms with van der Waals surface area (Å²) >= 11 is 0. The van der Waals surface area contributed by atoms with Crippen LogP contribution in [0.2, 0.25) is 0 Å². The molecule has 31 heavy (non-hydrogen) atoms. The number of aryl methyl sites for hydroxylation is 1. The van der Waals surface area contributed by atoms with Crippen molar-refractivity contribution in [2.45, 2.75) is 0 Å². The molecule has 2 N–H and O–H groups in total. The fourth-order valence-electron chi connectivity index (χ4n) is 3.24. The van der Waals surface area contributed by atoms with E-state index < -0.39 is 23.4 Å². The van der Waals surface area contributed by atoms with E-state index in [-0.39, 0.29) is 12.1 Å². The molecule has 2 amide bonds.